The quantitative estimate of drug-likeness (QED) is 0.901. The highest BCUT2D eigenvalue weighted by molar-refractivity contribution is 5.85. The van der Waals surface area contributed by atoms with E-state index in [1.54, 1.807) is 28.9 Å². The van der Waals surface area contributed by atoms with Gasteiger partial charge < -0.3 is 10.2 Å². The molecule has 0 fully saturated rings. The average molecular weight is 261 g/mol. The summed E-state index contributed by atoms with van der Waals surface area (Å²) < 4.78 is 1.76. The summed E-state index contributed by atoms with van der Waals surface area (Å²) in [7, 11) is 1.79. The second-order valence-electron chi connectivity index (χ2n) is 4.61. The molecule has 2 heterocycles. The molecule has 0 aromatic carbocycles. The third-order valence-electron chi connectivity index (χ3n) is 3.09. The Kier molecular flexibility index (Phi) is 3.69. The van der Waals surface area contributed by atoms with E-state index >= 15 is 0 Å². The molecule has 102 valence electrons. The van der Waals surface area contributed by atoms with Gasteiger partial charge in [-0.1, -0.05) is 0 Å². The maximum Gasteiger partial charge on any atom is 0.244 e. The molecule has 0 spiro atoms. The molecule has 6 nitrogen and oxygen atoms in total. The average Bonchev–Trinajstić information content (AvgIpc) is 2.78. The van der Waals surface area contributed by atoms with Gasteiger partial charge in [-0.15, -0.1) is 0 Å². The summed E-state index contributed by atoms with van der Waals surface area (Å²) >= 11 is 0. The Morgan fingerprint density at radius 3 is 3.00 bits per heavy atom. The normalized spacial score (nSPS) is 12.4. The van der Waals surface area contributed by atoms with Crippen molar-refractivity contribution < 1.29 is 4.79 Å². The maximum atomic E-state index is 12.0. The van der Waals surface area contributed by atoms with E-state index in [-0.39, 0.29) is 11.9 Å². The number of aryl methyl sites for hydroxylation is 1. The van der Waals surface area contributed by atoms with Gasteiger partial charge in [0.05, 0.1) is 5.69 Å². The first kappa shape index (κ1) is 13.3. The maximum absolute atomic E-state index is 12.0. The van der Waals surface area contributed by atoms with Crippen molar-refractivity contribution >= 4 is 17.2 Å². The lowest BCUT2D eigenvalue weighted by Gasteiger charge is -2.21. The molecule has 2 aromatic heterocycles. The number of fused-ring (bicyclic) bond motifs is 1. The summed E-state index contributed by atoms with van der Waals surface area (Å²) in [5.41, 5.74) is 1.79. The van der Waals surface area contributed by atoms with Crippen LogP contribution in [0, 0.1) is 6.92 Å². The SMILES string of the molecule is CCN(C)C(=O)C(C)Nc1nccn2nc(C)cc12. The van der Waals surface area contributed by atoms with Gasteiger partial charge in [0.2, 0.25) is 5.91 Å². The topological polar surface area (TPSA) is 62.5 Å². The highest BCUT2D eigenvalue weighted by Gasteiger charge is 2.17. The fraction of sp³-hybridized carbons (Fsp3) is 0.462. The summed E-state index contributed by atoms with van der Waals surface area (Å²) in [6.07, 6.45) is 3.46. The number of nitrogens with one attached hydrogen (secondary N) is 1. The third-order valence-corrected chi connectivity index (χ3v) is 3.09. The molecule has 19 heavy (non-hydrogen) atoms. The number of likely N-dealkylation sites (N-methyl/N-ethyl adjacent to an activating group) is 1. The molecule has 0 bridgehead atoms. The Morgan fingerprint density at radius 1 is 1.58 bits per heavy atom. The third kappa shape index (κ3) is 2.67. The van der Waals surface area contributed by atoms with Crippen LogP contribution in [0.4, 0.5) is 5.82 Å². The lowest BCUT2D eigenvalue weighted by atomic mass is 10.3. The van der Waals surface area contributed by atoms with E-state index in [4.69, 9.17) is 0 Å². The molecule has 0 aliphatic heterocycles. The van der Waals surface area contributed by atoms with Gasteiger partial charge in [0.15, 0.2) is 5.82 Å². The molecule has 0 aliphatic rings. The van der Waals surface area contributed by atoms with Gasteiger partial charge in [-0.2, -0.15) is 5.10 Å². The van der Waals surface area contributed by atoms with Crippen molar-refractivity contribution in [3.63, 3.8) is 0 Å². The molecule has 1 N–H and O–H groups in total. The second kappa shape index (κ2) is 5.26. The number of hydrogen-bond donors (Lipinski definition) is 1. The van der Waals surface area contributed by atoms with Crippen LogP contribution in [0.2, 0.25) is 0 Å². The summed E-state index contributed by atoms with van der Waals surface area (Å²) in [5, 5.41) is 7.47. The molecule has 2 aromatic rings. The van der Waals surface area contributed by atoms with Crippen LogP contribution in [0.1, 0.15) is 19.5 Å². The van der Waals surface area contributed by atoms with E-state index in [1.807, 2.05) is 26.8 Å². The Labute approximate surface area is 112 Å². The Hall–Kier alpha value is -2.11. The molecule has 0 aliphatic carbocycles. The minimum absolute atomic E-state index is 0.0440. The van der Waals surface area contributed by atoms with E-state index in [2.05, 4.69) is 15.4 Å². The first-order chi connectivity index (χ1) is 9.02. The van der Waals surface area contributed by atoms with E-state index in [0.717, 1.165) is 11.2 Å². The number of hydrogen-bond acceptors (Lipinski definition) is 4. The molecule has 1 atom stereocenters. The standard InChI is InChI=1S/C13H19N5O/c1-5-17(4)13(19)10(3)15-12-11-8-9(2)16-18(11)7-6-14-12/h6-8,10H,5H2,1-4H3,(H,14,15). The van der Waals surface area contributed by atoms with Crippen LogP contribution in [0.5, 0.6) is 0 Å². The van der Waals surface area contributed by atoms with Crippen LogP contribution in [-0.2, 0) is 4.79 Å². The molecule has 0 saturated heterocycles. The summed E-state index contributed by atoms with van der Waals surface area (Å²) in [6, 6.07) is 1.62. The molecule has 0 radical (unpaired) electrons. The number of anilines is 1. The van der Waals surface area contributed by atoms with Gasteiger partial charge in [-0.05, 0) is 26.8 Å². The van der Waals surface area contributed by atoms with Gasteiger partial charge in [0.1, 0.15) is 11.6 Å². The number of amides is 1. The fourth-order valence-corrected chi connectivity index (χ4v) is 1.91. The van der Waals surface area contributed by atoms with E-state index < -0.39 is 0 Å². The van der Waals surface area contributed by atoms with Crippen LogP contribution >= 0.6 is 0 Å². The predicted molar refractivity (Wildman–Crippen MR) is 74.1 cm³/mol. The van der Waals surface area contributed by atoms with Crippen molar-refractivity contribution in [2.75, 3.05) is 18.9 Å². The monoisotopic (exact) mass is 261 g/mol. The zero-order valence-electron chi connectivity index (χ0n) is 11.7. The van der Waals surface area contributed by atoms with Crippen LogP contribution in [0.15, 0.2) is 18.5 Å². The van der Waals surface area contributed by atoms with Crippen molar-refractivity contribution in [3.05, 3.63) is 24.2 Å². The zero-order chi connectivity index (χ0) is 14.0. The smallest absolute Gasteiger partial charge is 0.244 e. The molecule has 0 saturated carbocycles. The Balaban J connectivity index is 2.23. The molecular formula is C13H19N5O. The minimum Gasteiger partial charge on any atom is -0.357 e. The van der Waals surface area contributed by atoms with Gasteiger partial charge in [-0.25, -0.2) is 9.50 Å². The van der Waals surface area contributed by atoms with Crippen molar-refractivity contribution in [2.45, 2.75) is 26.8 Å². The summed E-state index contributed by atoms with van der Waals surface area (Å²) in [4.78, 5) is 18.0. The molecule has 6 heteroatoms. The van der Waals surface area contributed by atoms with Gasteiger partial charge in [-0.3, -0.25) is 4.79 Å². The van der Waals surface area contributed by atoms with Gasteiger partial charge >= 0.3 is 0 Å². The minimum atomic E-state index is -0.321. The van der Waals surface area contributed by atoms with Crippen molar-refractivity contribution in [2.24, 2.45) is 0 Å². The number of aromatic nitrogens is 3. The van der Waals surface area contributed by atoms with Crippen molar-refractivity contribution in [1.29, 1.82) is 0 Å². The highest BCUT2D eigenvalue weighted by atomic mass is 16.2. The van der Waals surface area contributed by atoms with Gasteiger partial charge in [0, 0.05) is 26.0 Å². The van der Waals surface area contributed by atoms with Crippen LogP contribution in [0.3, 0.4) is 0 Å². The van der Waals surface area contributed by atoms with Crippen molar-refractivity contribution in [1.82, 2.24) is 19.5 Å². The largest absolute Gasteiger partial charge is 0.357 e. The first-order valence-electron chi connectivity index (χ1n) is 6.35. The number of rotatable bonds is 4. The predicted octanol–water partition coefficient (Wildman–Crippen LogP) is 1.32. The molecule has 2 rings (SSSR count). The summed E-state index contributed by atoms with van der Waals surface area (Å²) in [5.74, 6) is 0.719. The number of carbonyl (C=O) groups excluding carboxylic acids is 1. The van der Waals surface area contributed by atoms with Crippen LogP contribution < -0.4 is 5.32 Å². The second-order valence-corrected chi connectivity index (χ2v) is 4.61. The van der Waals surface area contributed by atoms with Crippen LogP contribution in [0.25, 0.3) is 5.52 Å². The molecule has 1 amide bonds. The fourth-order valence-electron chi connectivity index (χ4n) is 1.91. The molecule has 1 unspecified atom stereocenters. The zero-order valence-corrected chi connectivity index (χ0v) is 11.7. The highest BCUT2D eigenvalue weighted by Crippen LogP contribution is 2.15. The van der Waals surface area contributed by atoms with Crippen molar-refractivity contribution in [3.8, 4) is 0 Å². The lowest BCUT2D eigenvalue weighted by Crippen LogP contribution is -2.39. The number of nitrogens with zero attached hydrogens (tertiary/aromatic N) is 4. The molecular weight excluding hydrogens is 242 g/mol. The van der Waals surface area contributed by atoms with E-state index in [9.17, 15) is 4.79 Å². The Bertz CT molecular complexity index is 592. The van der Waals surface area contributed by atoms with E-state index in [1.165, 1.54) is 0 Å². The van der Waals surface area contributed by atoms with E-state index in [0.29, 0.717) is 12.4 Å². The first-order valence-corrected chi connectivity index (χ1v) is 6.35. The van der Waals surface area contributed by atoms with Gasteiger partial charge in [0.25, 0.3) is 0 Å². The lowest BCUT2D eigenvalue weighted by molar-refractivity contribution is -0.130. The number of carbonyl (C=O) groups is 1. The summed E-state index contributed by atoms with van der Waals surface area (Å²) in [6.45, 7) is 6.40. The van der Waals surface area contributed by atoms with Crippen LogP contribution in [-0.4, -0.2) is 45.0 Å². The Morgan fingerprint density at radius 2 is 2.32 bits per heavy atom.